The molecule has 4 heteroatoms. The summed E-state index contributed by atoms with van der Waals surface area (Å²) in [7, 11) is 3.49. The van der Waals surface area contributed by atoms with Crippen LogP contribution in [0.1, 0.15) is 18.4 Å². The molecule has 104 valence electrons. The summed E-state index contributed by atoms with van der Waals surface area (Å²) in [5.74, 6) is -0.180. The Kier molecular flexibility index (Phi) is 4.10. The number of rotatable bonds is 3. The fourth-order valence-corrected chi connectivity index (χ4v) is 2.78. The Labute approximate surface area is 114 Å². The summed E-state index contributed by atoms with van der Waals surface area (Å²) in [6, 6.07) is 8.09. The van der Waals surface area contributed by atoms with Gasteiger partial charge in [-0.3, -0.25) is 0 Å². The van der Waals surface area contributed by atoms with E-state index in [2.05, 4.69) is 16.3 Å². The van der Waals surface area contributed by atoms with E-state index in [0.717, 1.165) is 25.1 Å². The zero-order valence-corrected chi connectivity index (χ0v) is 11.9. The molecule has 2 rings (SSSR count). The van der Waals surface area contributed by atoms with Gasteiger partial charge >= 0.3 is 5.97 Å². The van der Waals surface area contributed by atoms with Gasteiger partial charge in [0, 0.05) is 12.2 Å². The van der Waals surface area contributed by atoms with Gasteiger partial charge in [-0.1, -0.05) is 12.1 Å². The normalized spacial score (nSPS) is 23.9. The molecule has 0 saturated carbocycles. The molecule has 1 aliphatic heterocycles. The van der Waals surface area contributed by atoms with E-state index in [9.17, 15) is 4.79 Å². The van der Waals surface area contributed by atoms with Gasteiger partial charge in [-0.2, -0.15) is 0 Å². The predicted octanol–water partition coefficient (Wildman–Crippen LogP) is 2.04. The van der Waals surface area contributed by atoms with E-state index >= 15 is 0 Å². The maximum Gasteiger partial charge on any atom is 0.332 e. The number of esters is 1. The first-order valence-corrected chi connectivity index (χ1v) is 6.67. The third kappa shape index (κ3) is 3.07. The standard InChI is InChI=1S/C15H22N2O2/c1-12-6-4-7-13(10-12)16-15(14(18)19-3)8-5-9-17(2)11-15/h4,6-7,10,16H,5,8-9,11H2,1-3H3. The van der Waals surface area contributed by atoms with Crippen molar-refractivity contribution in [1.82, 2.24) is 4.90 Å². The number of aryl methyl sites for hydroxylation is 1. The molecule has 1 heterocycles. The lowest BCUT2D eigenvalue weighted by atomic mass is 9.88. The SMILES string of the molecule is COC(=O)C1(Nc2cccc(C)c2)CCCN(C)C1. The van der Waals surface area contributed by atoms with Crippen LogP contribution in [-0.2, 0) is 9.53 Å². The number of likely N-dealkylation sites (tertiary alicyclic amines) is 1. The van der Waals surface area contributed by atoms with Crippen LogP contribution >= 0.6 is 0 Å². The van der Waals surface area contributed by atoms with Crippen LogP contribution in [0.25, 0.3) is 0 Å². The molecule has 1 atom stereocenters. The summed E-state index contributed by atoms with van der Waals surface area (Å²) in [4.78, 5) is 14.4. The van der Waals surface area contributed by atoms with Crippen molar-refractivity contribution in [2.24, 2.45) is 0 Å². The highest BCUT2D eigenvalue weighted by Crippen LogP contribution is 2.27. The van der Waals surface area contributed by atoms with E-state index in [1.54, 1.807) is 0 Å². The molecule has 0 aromatic heterocycles. The number of carbonyl (C=O) groups excluding carboxylic acids is 1. The van der Waals surface area contributed by atoms with Gasteiger partial charge in [0.1, 0.15) is 5.54 Å². The molecular formula is C15H22N2O2. The van der Waals surface area contributed by atoms with Crippen LogP contribution in [0.3, 0.4) is 0 Å². The first-order valence-electron chi connectivity index (χ1n) is 6.67. The Balaban J connectivity index is 2.25. The lowest BCUT2D eigenvalue weighted by molar-refractivity contribution is -0.147. The number of hydrogen-bond acceptors (Lipinski definition) is 4. The Morgan fingerprint density at radius 2 is 2.26 bits per heavy atom. The first kappa shape index (κ1) is 13.9. The van der Waals surface area contributed by atoms with Crippen molar-refractivity contribution in [2.45, 2.75) is 25.3 Å². The number of nitrogens with one attached hydrogen (secondary N) is 1. The number of methoxy groups -OCH3 is 1. The van der Waals surface area contributed by atoms with Gasteiger partial charge in [0.05, 0.1) is 7.11 Å². The average Bonchev–Trinajstić information content (AvgIpc) is 2.37. The van der Waals surface area contributed by atoms with Crippen molar-refractivity contribution >= 4 is 11.7 Å². The van der Waals surface area contributed by atoms with Crippen LogP contribution < -0.4 is 5.32 Å². The van der Waals surface area contributed by atoms with Gasteiger partial charge in [0.2, 0.25) is 0 Å². The third-order valence-electron chi connectivity index (χ3n) is 3.66. The Hall–Kier alpha value is -1.55. The quantitative estimate of drug-likeness (QED) is 0.846. The number of ether oxygens (including phenoxy) is 1. The number of nitrogens with zero attached hydrogens (tertiary/aromatic N) is 1. The summed E-state index contributed by atoms with van der Waals surface area (Å²) < 4.78 is 5.02. The number of carbonyl (C=O) groups is 1. The molecule has 0 bridgehead atoms. The van der Waals surface area contributed by atoms with E-state index in [4.69, 9.17) is 4.74 Å². The summed E-state index contributed by atoms with van der Waals surface area (Å²) >= 11 is 0. The predicted molar refractivity (Wildman–Crippen MR) is 76.3 cm³/mol. The molecule has 1 aromatic rings. The minimum Gasteiger partial charge on any atom is -0.467 e. The largest absolute Gasteiger partial charge is 0.467 e. The fraction of sp³-hybridized carbons (Fsp3) is 0.533. The van der Waals surface area contributed by atoms with Crippen molar-refractivity contribution in [1.29, 1.82) is 0 Å². The summed E-state index contributed by atoms with van der Waals surface area (Å²) in [6.07, 6.45) is 1.79. The Bertz CT molecular complexity index is 461. The zero-order chi connectivity index (χ0) is 13.9. The number of likely N-dealkylation sites (N-methyl/N-ethyl adjacent to an activating group) is 1. The van der Waals surface area contributed by atoms with Crippen molar-refractivity contribution in [3.05, 3.63) is 29.8 Å². The lowest BCUT2D eigenvalue weighted by Crippen LogP contribution is -2.57. The van der Waals surface area contributed by atoms with Gasteiger partial charge in [0.15, 0.2) is 0 Å². The molecule has 1 aliphatic rings. The van der Waals surface area contributed by atoms with Crippen molar-refractivity contribution in [3.8, 4) is 0 Å². The number of piperidine rings is 1. The van der Waals surface area contributed by atoms with Crippen LogP contribution in [0.4, 0.5) is 5.69 Å². The highest BCUT2D eigenvalue weighted by molar-refractivity contribution is 5.85. The van der Waals surface area contributed by atoms with Crippen molar-refractivity contribution < 1.29 is 9.53 Å². The zero-order valence-electron chi connectivity index (χ0n) is 11.9. The minimum atomic E-state index is -0.629. The minimum absolute atomic E-state index is 0.180. The molecule has 0 radical (unpaired) electrons. The van der Waals surface area contributed by atoms with E-state index in [-0.39, 0.29) is 5.97 Å². The van der Waals surface area contributed by atoms with Crippen molar-refractivity contribution in [3.63, 3.8) is 0 Å². The lowest BCUT2D eigenvalue weighted by Gasteiger charge is -2.40. The van der Waals surface area contributed by atoms with E-state index in [1.807, 2.05) is 32.2 Å². The summed E-state index contributed by atoms with van der Waals surface area (Å²) in [5.41, 5.74) is 1.52. The van der Waals surface area contributed by atoms with Gasteiger partial charge in [0.25, 0.3) is 0 Å². The van der Waals surface area contributed by atoms with E-state index < -0.39 is 5.54 Å². The van der Waals surface area contributed by atoms with Gasteiger partial charge in [-0.15, -0.1) is 0 Å². The second-order valence-corrected chi connectivity index (χ2v) is 5.41. The number of hydrogen-bond donors (Lipinski definition) is 1. The highest BCUT2D eigenvalue weighted by atomic mass is 16.5. The molecule has 4 nitrogen and oxygen atoms in total. The molecular weight excluding hydrogens is 240 g/mol. The molecule has 19 heavy (non-hydrogen) atoms. The molecule has 0 amide bonds. The molecule has 1 aromatic carbocycles. The van der Waals surface area contributed by atoms with Gasteiger partial charge in [-0.25, -0.2) is 4.79 Å². The monoisotopic (exact) mass is 262 g/mol. The van der Waals surface area contributed by atoms with Crippen LogP contribution in [0.2, 0.25) is 0 Å². The maximum atomic E-state index is 12.2. The molecule has 1 fully saturated rings. The topological polar surface area (TPSA) is 41.6 Å². The molecule has 0 aliphatic carbocycles. The van der Waals surface area contributed by atoms with Gasteiger partial charge < -0.3 is 15.0 Å². The number of anilines is 1. The second kappa shape index (κ2) is 5.61. The smallest absolute Gasteiger partial charge is 0.332 e. The van der Waals surface area contributed by atoms with E-state index in [0.29, 0.717) is 6.54 Å². The third-order valence-corrected chi connectivity index (χ3v) is 3.66. The summed E-state index contributed by atoms with van der Waals surface area (Å²) in [6.45, 7) is 3.74. The molecule has 1 saturated heterocycles. The molecule has 1 unspecified atom stereocenters. The van der Waals surface area contributed by atoms with Crippen LogP contribution in [-0.4, -0.2) is 43.7 Å². The van der Waals surface area contributed by atoms with Crippen molar-refractivity contribution in [2.75, 3.05) is 32.6 Å². The second-order valence-electron chi connectivity index (χ2n) is 5.41. The van der Waals surface area contributed by atoms with E-state index in [1.165, 1.54) is 12.7 Å². The van der Waals surface area contributed by atoms with Crippen LogP contribution in [0.15, 0.2) is 24.3 Å². The summed E-state index contributed by atoms with van der Waals surface area (Å²) in [5, 5.41) is 3.40. The fourth-order valence-electron chi connectivity index (χ4n) is 2.78. The number of benzene rings is 1. The Morgan fingerprint density at radius 1 is 1.47 bits per heavy atom. The Morgan fingerprint density at radius 3 is 2.89 bits per heavy atom. The van der Waals surface area contributed by atoms with Gasteiger partial charge in [-0.05, 0) is 51.1 Å². The molecule has 0 spiro atoms. The first-order chi connectivity index (χ1) is 9.05. The highest BCUT2D eigenvalue weighted by Gasteiger charge is 2.42. The maximum absolute atomic E-state index is 12.2. The average molecular weight is 262 g/mol. The van der Waals surface area contributed by atoms with Crippen LogP contribution in [0, 0.1) is 6.92 Å². The molecule has 1 N–H and O–H groups in total. The van der Waals surface area contributed by atoms with Crippen LogP contribution in [0.5, 0.6) is 0 Å².